The van der Waals surface area contributed by atoms with Gasteiger partial charge in [0.15, 0.2) is 0 Å². The number of carbonyl (C=O) groups is 1. The van der Waals surface area contributed by atoms with Gasteiger partial charge in [-0.2, -0.15) is 26.3 Å². The van der Waals surface area contributed by atoms with Crippen LogP contribution in [0.15, 0.2) is 29.2 Å². The summed E-state index contributed by atoms with van der Waals surface area (Å²) in [7, 11) is 0. The van der Waals surface area contributed by atoms with Crippen molar-refractivity contribution in [3.05, 3.63) is 29.8 Å². The van der Waals surface area contributed by atoms with E-state index in [0.717, 1.165) is 18.2 Å². The van der Waals surface area contributed by atoms with Crippen LogP contribution in [0.2, 0.25) is 0 Å². The average Bonchev–Trinajstić information content (AvgIpc) is 2.12. The average molecular weight is 274 g/mol. The number of halogens is 6. The molecular weight excluding hydrogens is 270 g/mol. The summed E-state index contributed by atoms with van der Waals surface area (Å²) in [6.45, 7) is 0. The largest absolute Gasteiger partial charge is 0.454 e. The summed E-state index contributed by atoms with van der Waals surface area (Å²) in [6, 6.07) is 3.32. The third kappa shape index (κ3) is 4.29. The molecule has 0 bridgehead atoms. The van der Waals surface area contributed by atoms with E-state index in [1.165, 1.54) is 0 Å². The highest BCUT2D eigenvalue weighted by Crippen LogP contribution is 2.37. The van der Waals surface area contributed by atoms with Crippen LogP contribution in [0.25, 0.3) is 0 Å². The first kappa shape index (κ1) is 13.9. The second-order valence-corrected chi connectivity index (χ2v) is 4.04. The highest BCUT2D eigenvalue weighted by molar-refractivity contribution is 8.00. The molecule has 0 amide bonds. The van der Waals surface area contributed by atoms with Crippen molar-refractivity contribution in [2.75, 3.05) is 0 Å². The molecule has 1 nitrogen and oxygen atoms in total. The summed E-state index contributed by atoms with van der Waals surface area (Å²) in [5.41, 5.74) is -5.42. The number of thioether (sulfide) groups is 1. The quantitative estimate of drug-likeness (QED) is 0.460. The van der Waals surface area contributed by atoms with Crippen LogP contribution in [0.5, 0.6) is 0 Å². The summed E-state index contributed by atoms with van der Waals surface area (Å²) < 4.78 is 72.0. The van der Waals surface area contributed by atoms with Crippen LogP contribution >= 0.6 is 11.8 Å². The van der Waals surface area contributed by atoms with Gasteiger partial charge in [-0.05, 0) is 23.9 Å². The Morgan fingerprint density at radius 3 is 2.12 bits per heavy atom. The molecule has 1 aromatic carbocycles. The maximum Gasteiger partial charge on any atom is 0.454 e. The summed E-state index contributed by atoms with van der Waals surface area (Å²) >= 11 is -0.577. The Morgan fingerprint density at radius 2 is 1.65 bits per heavy atom. The van der Waals surface area contributed by atoms with Gasteiger partial charge in [-0.3, -0.25) is 4.79 Å². The Morgan fingerprint density at radius 1 is 1.06 bits per heavy atom. The van der Waals surface area contributed by atoms with Gasteiger partial charge in [0.1, 0.15) is 0 Å². The maximum atomic E-state index is 12.0. The number of hydrogen-bond acceptors (Lipinski definition) is 2. The zero-order chi connectivity index (χ0) is 13.3. The minimum Gasteiger partial charge on any atom is -0.284 e. The summed E-state index contributed by atoms with van der Waals surface area (Å²) in [5, 5.41) is 0. The van der Waals surface area contributed by atoms with E-state index in [0.29, 0.717) is 6.07 Å². The fourth-order valence-electron chi connectivity index (χ4n) is 0.998. The molecule has 0 aliphatic heterocycles. The molecule has 0 aromatic heterocycles. The van der Waals surface area contributed by atoms with E-state index in [-0.39, 0.29) is 0 Å². The van der Waals surface area contributed by atoms with Gasteiger partial charge in [0, 0.05) is 10.5 Å². The van der Waals surface area contributed by atoms with Crippen molar-refractivity contribution in [2.45, 2.75) is 16.6 Å². The van der Waals surface area contributed by atoms with Crippen LogP contribution in [0.3, 0.4) is 0 Å². The zero-order valence-corrected chi connectivity index (χ0v) is 8.71. The van der Waals surface area contributed by atoms with Crippen LogP contribution in [0, 0.1) is 0 Å². The molecule has 0 atom stereocenters. The molecule has 17 heavy (non-hydrogen) atoms. The number of carbonyl (C=O) groups excluding carboxylic acids is 1. The number of ketones is 1. The Kier molecular flexibility index (Phi) is 3.75. The van der Waals surface area contributed by atoms with Gasteiger partial charge in [0.2, 0.25) is 0 Å². The predicted octanol–water partition coefficient (Wildman–Crippen LogP) is 4.04. The zero-order valence-electron chi connectivity index (χ0n) is 7.89. The van der Waals surface area contributed by atoms with Crippen molar-refractivity contribution < 1.29 is 31.1 Å². The third-order valence-corrected chi connectivity index (χ3v) is 2.31. The van der Waals surface area contributed by atoms with E-state index in [9.17, 15) is 31.1 Å². The molecule has 0 aliphatic rings. The van der Waals surface area contributed by atoms with Gasteiger partial charge in [-0.15, -0.1) is 0 Å². The highest BCUT2D eigenvalue weighted by Gasteiger charge is 2.39. The third-order valence-electron chi connectivity index (χ3n) is 1.59. The fourth-order valence-corrected chi connectivity index (χ4v) is 1.60. The highest BCUT2D eigenvalue weighted by atomic mass is 32.2. The molecule has 8 heteroatoms. The van der Waals surface area contributed by atoms with Crippen LogP contribution in [0.4, 0.5) is 26.3 Å². The van der Waals surface area contributed by atoms with Crippen LogP contribution in [-0.4, -0.2) is 17.5 Å². The van der Waals surface area contributed by atoms with Gasteiger partial charge in [0.25, 0.3) is 5.78 Å². The lowest BCUT2D eigenvalue weighted by molar-refractivity contribution is -0.0885. The molecule has 0 fully saturated rings. The smallest absolute Gasteiger partial charge is 0.284 e. The lowest BCUT2D eigenvalue weighted by Crippen LogP contribution is -2.22. The van der Waals surface area contributed by atoms with Crippen LogP contribution in [0.1, 0.15) is 10.4 Å². The SMILES string of the molecule is O=C(c1cccc(SC(F)(F)F)c1)C(F)(F)F. The molecule has 1 aromatic rings. The molecule has 1 rings (SSSR count). The number of alkyl halides is 6. The van der Waals surface area contributed by atoms with Crippen molar-refractivity contribution in [1.29, 1.82) is 0 Å². The molecule has 0 aliphatic carbocycles. The Balaban J connectivity index is 2.98. The second-order valence-electron chi connectivity index (χ2n) is 2.90. The lowest BCUT2D eigenvalue weighted by Gasteiger charge is -2.08. The van der Waals surface area contributed by atoms with Crippen LogP contribution < -0.4 is 0 Å². The van der Waals surface area contributed by atoms with Gasteiger partial charge in [-0.1, -0.05) is 12.1 Å². The monoisotopic (exact) mass is 274 g/mol. The van der Waals surface area contributed by atoms with E-state index in [2.05, 4.69) is 0 Å². The summed E-state index contributed by atoms with van der Waals surface area (Å²) in [6.07, 6.45) is -5.10. The molecule has 0 radical (unpaired) electrons. The van der Waals surface area contributed by atoms with E-state index in [1.54, 1.807) is 0 Å². The van der Waals surface area contributed by atoms with E-state index < -0.39 is 39.7 Å². The minimum absolute atomic E-state index is 0.465. The Labute approximate surface area is 95.8 Å². The van der Waals surface area contributed by atoms with Crippen molar-refractivity contribution >= 4 is 17.5 Å². The molecule has 0 saturated carbocycles. The normalized spacial score (nSPS) is 12.6. The standard InChI is InChI=1S/C9H4F6OS/c10-8(11,12)7(16)5-2-1-3-6(4-5)17-9(13,14)15/h1-4H. The molecule has 0 heterocycles. The van der Waals surface area contributed by atoms with Gasteiger partial charge >= 0.3 is 11.7 Å². The van der Waals surface area contributed by atoms with Crippen molar-refractivity contribution in [3.8, 4) is 0 Å². The molecule has 0 unspecified atom stereocenters. The second kappa shape index (κ2) is 4.59. The molecule has 0 N–H and O–H groups in total. The number of Topliss-reactive ketones (excluding diaryl/α,β-unsaturated/α-hetero) is 1. The van der Waals surface area contributed by atoms with E-state index in [4.69, 9.17) is 0 Å². The first-order valence-electron chi connectivity index (χ1n) is 4.07. The van der Waals surface area contributed by atoms with Crippen molar-refractivity contribution in [2.24, 2.45) is 0 Å². The summed E-state index contributed by atoms with van der Waals surface area (Å²) in [4.78, 5) is 10.3. The topological polar surface area (TPSA) is 17.1 Å². The Hall–Kier alpha value is -1.18. The number of hydrogen-bond donors (Lipinski definition) is 0. The van der Waals surface area contributed by atoms with Gasteiger partial charge in [-0.25, -0.2) is 0 Å². The fraction of sp³-hybridized carbons (Fsp3) is 0.222. The van der Waals surface area contributed by atoms with Gasteiger partial charge in [0.05, 0.1) is 0 Å². The van der Waals surface area contributed by atoms with Crippen molar-refractivity contribution in [1.82, 2.24) is 0 Å². The lowest BCUT2D eigenvalue weighted by atomic mass is 10.1. The van der Waals surface area contributed by atoms with Gasteiger partial charge < -0.3 is 0 Å². The van der Waals surface area contributed by atoms with Crippen LogP contribution in [-0.2, 0) is 0 Å². The first-order chi connectivity index (χ1) is 7.59. The molecule has 0 saturated heterocycles. The van der Waals surface area contributed by atoms with Crippen molar-refractivity contribution in [3.63, 3.8) is 0 Å². The summed E-state index contributed by atoms with van der Waals surface area (Å²) in [5.74, 6) is -2.16. The molecule has 0 spiro atoms. The predicted molar refractivity (Wildman–Crippen MR) is 48.7 cm³/mol. The number of rotatable bonds is 2. The van der Waals surface area contributed by atoms with E-state index in [1.807, 2.05) is 0 Å². The first-order valence-corrected chi connectivity index (χ1v) is 4.88. The Bertz CT molecular complexity index is 422. The van der Waals surface area contributed by atoms with E-state index >= 15 is 0 Å². The molecule has 94 valence electrons. The maximum absolute atomic E-state index is 12.0. The molecular formula is C9H4F6OS. The number of benzene rings is 1. The minimum atomic E-state index is -5.10.